The predicted octanol–water partition coefficient (Wildman–Crippen LogP) is 6.36. The zero-order valence-electron chi connectivity index (χ0n) is 15.7. The lowest BCUT2D eigenvalue weighted by atomic mass is 10.2. The van der Waals surface area contributed by atoms with Crippen LogP contribution in [-0.4, -0.2) is 11.1 Å². The zero-order chi connectivity index (χ0) is 20.6. The second-order valence-corrected chi connectivity index (χ2v) is 8.48. The van der Waals surface area contributed by atoms with Gasteiger partial charge in [-0.2, -0.15) is 0 Å². The minimum atomic E-state index is -0.970. The van der Waals surface area contributed by atoms with Crippen LogP contribution < -0.4 is 5.32 Å². The molecule has 0 aliphatic carbocycles. The smallest absolute Gasteiger partial charge is 0.334 e. The molecule has 0 aliphatic heterocycles. The minimum Gasteiger partial charge on any atom is -0.479 e. The van der Waals surface area contributed by atoms with Gasteiger partial charge in [-0.15, -0.1) is 11.3 Å². The number of carbonyl (C=O) groups is 1. The maximum absolute atomic E-state index is 11.3. The van der Waals surface area contributed by atoms with Crippen molar-refractivity contribution in [2.45, 2.75) is 19.4 Å². The molecule has 1 atom stereocenters. The quantitative estimate of drug-likeness (QED) is 0.289. The van der Waals surface area contributed by atoms with Crippen molar-refractivity contribution in [1.82, 2.24) is 0 Å². The van der Waals surface area contributed by atoms with Gasteiger partial charge in [0.05, 0.1) is 6.26 Å². The van der Waals surface area contributed by atoms with E-state index in [1.807, 2.05) is 36.4 Å². The summed E-state index contributed by atoms with van der Waals surface area (Å²) in [4.78, 5) is 12.6. The first-order valence-corrected chi connectivity index (χ1v) is 10.8. The molecule has 4 rings (SSSR count). The van der Waals surface area contributed by atoms with Crippen molar-refractivity contribution < 1.29 is 18.7 Å². The van der Waals surface area contributed by atoms with Crippen molar-refractivity contribution in [1.29, 1.82) is 0 Å². The SMILES string of the molecule is Cc1ccc(C(Nc2ccc(I)cc2)C(=O)O)o1.c1coc(Cc2cccs2)c1. The fourth-order valence-electron chi connectivity index (χ4n) is 2.57. The Balaban J connectivity index is 0.000000186. The molecule has 1 unspecified atom stereocenters. The van der Waals surface area contributed by atoms with Crippen molar-refractivity contribution in [3.05, 3.63) is 98.0 Å². The largest absolute Gasteiger partial charge is 0.479 e. The highest BCUT2D eigenvalue weighted by Crippen LogP contribution is 2.22. The summed E-state index contributed by atoms with van der Waals surface area (Å²) >= 11 is 3.96. The molecule has 29 heavy (non-hydrogen) atoms. The lowest BCUT2D eigenvalue weighted by Crippen LogP contribution is -2.19. The Morgan fingerprint density at radius 2 is 1.93 bits per heavy atom. The molecule has 2 N–H and O–H groups in total. The standard InChI is InChI=1S/C13H12INO3.C9H8OS/c1-8-2-7-11(18-8)12(13(16)17)15-10-5-3-9(14)4-6-10;1-3-8(10-5-1)7-9-4-2-6-11-9/h2-7,12,15H,1H3,(H,16,17);1-6H,7H2. The molecular weight excluding hydrogens is 501 g/mol. The van der Waals surface area contributed by atoms with Crippen molar-refractivity contribution >= 4 is 45.6 Å². The number of carboxylic acid groups (broad SMARTS) is 1. The van der Waals surface area contributed by atoms with E-state index < -0.39 is 12.0 Å². The summed E-state index contributed by atoms with van der Waals surface area (Å²) in [7, 11) is 0. The number of halogens is 1. The van der Waals surface area contributed by atoms with Crippen LogP contribution >= 0.6 is 33.9 Å². The molecule has 0 aliphatic rings. The summed E-state index contributed by atoms with van der Waals surface area (Å²) in [6.45, 7) is 1.79. The van der Waals surface area contributed by atoms with E-state index in [9.17, 15) is 9.90 Å². The maximum atomic E-state index is 11.3. The molecule has 0 amide bonds. The normalized spacial score (nSPS) is 11.4. The van der Waals surface area contributed by atoms with E-state index in [2.05, 4.69) is 45.4 Å². The molecule has 0 fully saturated rings. The third-order valence-electron chi connectivity index (χ3n) is 3.96. The summed E-state index contributed by atoms with van der Waals surface area (Å²) in [5, 5.41) is 14.2. The van der Waals surface area contributed by atoms with Crippen LogP contribution in [0.2, 0.25) is 0 Å². The van der Waals surface area contributed by atoms with Gasteiger partial charge >= 0.3 is 5.97 Å². The van der Waals surface area contributed by atoms with Crippen molar-refractivity contribution in [2.75, 3.05) is 5.32 Å². The number of aliphatic carboxylic acids is 1. The van der Waals surface area contributed by atoms with E-state index in [0.29, 0.717) is 11.5 Å². The number of rotatable bonds is 6. The molecule has 3 aromatic heterocycles. The first kappa shape index (κ1) is 21.2. The Morgan fingerprint density at radius 3 is 2.48 bits per heavy atom. The van der Waals surface area contributed by atoms with Gasteiger partial charge in [0, 0.05) is 20.6 Å². The van der Waals surface area contributed by atoms with Gasteiger partial charge in [0.25, 0.3) is 0 Å². The molecule has 0 bridgehead atoms. The first-order valence-electron chi connectivity index (χ1n) is 8.87. The summed E-state index contributed by atoms with van der Waals surface area (Å²) in [6.07, 6.45) is 2.63. The van der Waals surface area contributed by atoms with E-state index >= 15 is 0 Å². The van der Waals surface area contributed by atoms with E-state index in [4.69, 9.17) is 8.83 Å². The number of aryl methyl sites for hydroxylation is 1. The van der Waals surface area contributed by atoms with Gasteiger partial charge in [-0.3, -0.25) is 0 Å². The molecular formula is C22H20INO4S. The summed E-state index contributed by atoms with van der Waals surface area (Å²) < 4.78 is 11.7. The number of benzene rings is 1. The van der Waals surface area contributed by atoms with Gasteiger partial charge in [-0.1, -0.05) is 6.07 Å². The highest BCUT2D eigenvalue weighted by Gasteiger charge is 2.22. The monoisotopic (exact) mass is 521 g/mol. The Labute approximate surface area is 186 Å². The lowest BCUT2D eigenvalue weighted by Gasteiger charge is -2.13. The molecule has 7 heteroatoms. The van der Waals surface area contributed by atoms with Crippen molar-refractivity contribution in [3.8, 4) is 0 Å². The van der Waals surface area contributed by atoms with Crippen molar-refractivity contribution in [3.63, 3.8) is 0 Å². The molecule has 5 nitrogen and oxygen atoms in total. The van der Waals surface area contributed by atoms with E-state index in [1.165, 1.54) is 4.88 Å². The third kappa shape index (κ3) is 6.50. The van der Waals surface area contributed by atoms with Gasteiger partial charge in [0.2, 0.25) is 0 Å². The molecule has 0 radical (unpaired) electrons. The molecule has 4 aromatic rings. The zero-order valence-corrected chi connectivity index (χ0v) is 18.6. The van der Waals surface area contributed by atoms with E-state index in [-0.39, 0.29) is 0 Å². The fourth-order valence-corrected chi connectivity index (χ4v) is 3.65. The average Bonchev–Trinajstić information content (AvgIpc) is 3.46. The molecule has 0 spiro atoms. The van der Waals surface area contributed by atoms with Crippen LogP contribution in [0.4, 0.5) is 5.69 Å². The Hall–Kier alpha value is -2.52. The highest BCUT2D eigenvalue weighted by atomic mass is 127. The number of nitrogens with one attached hydrogen (secondary N) is 1. The van der Waals surface area contributed by atoms with Crippen LogP contribution in [0.3, 0.4) is 0 Å². The first-order chi connectivity index (χ1) is 14.0. The number of anilines is 1. The van der Waals surface area contributed by atoms with Crippen LogP contribution in [0, 0.1) is 10.5 Å². The van der Waals surface area contributed by atoms with Gasteiger partial charge in [0.1, 0.15) is 17.3 Å². The van der Waals surface area contributed by atoms with E-state index in [0.717, 1.165) is 21.4 Å². The predicted molar refractivity (Wildman–Crippen MR) is 122 cm³/mol. The molecule has 150 valence electrons. The van der Waals surface area contributed by atoms with Gasteiger partial charge < -0.3 is 19.3 Å². The van der Waals surface area contributed by atoms with Crippen LogP contribution in [0.1, 0.15) is 28.2 Å². The average molecular weight is 521 g/mol. The number of thiophene rings is 1. The molecule has 0 saturated carbocycles. The summed E-state index contributed by atoms with van der Waals surface area (Å²) in [6, 6.07) is 18.2. The van der Waals surface area contributed by atoms with Gasteiger partial charge in [-0.05, 0) is 89.5 Å². The molecule has 3 heterocycles. The fraction of sp³-hybridized carbons (Fsp3) is 0.136. The lowest BCUT2D eigenvalue weighted by molar-refractivity contribution is -0.138. The van der Waals surface area contributed by atoms with Crippen LogP contribution in [0.5, 0.6) is 0 Å². The summed E-state index contributed by atoms with van der Waals surface area (Å²) in [5.41, 5.74) is 0.747. The van der Waals surface area contributed by atoms with Gasteiger partial charge in [-0.25, -0.2) is 4.79 Å². The molecule has 0 saturated heterocycles. The molecule has 1 aromatic carbocycles. The number of hydrogen-bond acceptors (Lipinski definition) is 5. The van der Waals surface area contributed by atoms with Crippen LogP contribution in [0.15, 0.2) is 81.1 Å². The third-order valence-corrected chi connectivity index (χ3v) is 5.55. The Bertz CT molecular complexity index is 975. The highest BCUT2D eigenvalue weighted by molar-refractivity contribution is 14.1. The summed E-state index contributed by atoms with van der Waals surface area (Å²) in [5.74, 6) is 1.16. The number of carboxylic acids is 1. The Kier molecular flexibility index (Phi) is 7.54. The minimum absolute atomic E-state index is 0.401. The topological polar surface area (TPSA) is 75.6 Å². The van der Waals surface area contributed by atoms with Crippen LogP contribution in [-0.2, 0) is 11.2 Å². The maximum Gasteiger partial charge on any atom is 0.334 e. The second-order valence-electron chi connectivity index (χ2n) is 6.21. The van der Waals surface area contributed by atoms with Crippen LogP contribution in [0.25, 0.3) is 0 Å². The Morgan fingerprint density at radius 1 is 1.14 bits per heavy atom. The second kappa shape index (κ2) is 10.3. The number of furan rings is 2. The van der Waals surface area contributed by atoms with Gasteiger partial charge in [0.15, 0.2) is 6.04 Å². The number of hydrogen-bond donors (Lipinski definition) is 2. The van der Waals surface area contributed by atoms with Crippen molar-refractivity contribution in [2.24, 2.45) is 0 Å². The van der Waals surface area contributed by atoms with E-state index in [1.54, 1.807) is 36.7 Å².